The van der Waals surface area contributed by atoms with Crippen molar-refractivity contribution in [2.75, 3.05) is 18.0 Å². The molecular weight excluding hydrogens is 314 g/mol. The molecule has 22 heavy (non-hydrogen) atoms. The number of nitrogens with one attached hydrogen (secondary N) is 1. The van der Waals surface area contributed by atoms with Crippen LogP contribution in [0.15, 0.2) is 41.8 Å². The molecule has 112 valence electrons. The lowest BCUT2D eigenvalue weighted by Crippen LogP contribution is -2.53. The van der Waals surface area contributed by atoms with Gasteiger partial charge in [-0.15, -0.1) is 11.3 Å². The van der Waals surface area contributed by atoms with Crippen LogP contribution in [0.3, 0.4) is 0 Å². The summed E-state index contributed by atoms with van der Waals surface area (Å²) < 4.78 is 1.20. The Kier molecular flexibility index (Phi) is 3.56. The monoisotopic (exact) mass is 329 g/mol. The Hall–Kier alpha value is -1.92. The fourth-order valence-electron chi connectivity index (χ4n) is 2.53. The lowest BCUT2D eigenvalue weighted by Gasteiger charge is -2.37. The van der Waals surface area contributed by atoms with E-state index in [2.05, 4.69) is 21.3 Å². The van der Waals surface area contributed by atoms with Crippen LogP contribution in [0.25, 0.3) is 10.2 Å². The number of aromatic nitrogens is 1. The van der Waals surface area contributed by atoms with Crippen LogP contribution in [0.5, 0.6) is 0 Å². The predicted octanol–water partition coefficient (Wildman–Crippen LogP) is 3.11. The van der Waals surface area contributed by atoms with E-state index in [-0.39, 0.29) is 11.8 Å². The molecule has 0 unspecified atom stereocenters. The minimum atomic E-state index is 0.0759. The lowest BCUT2D eigenvalue weighted by atomic mass is 10.0. The quantitative estimate of drug-likeness (QED) is 0.800. The van der Waals surface area contributed by atoms with Crippen LogP contribution in [-0.2, 0) is 11.3 Å². The van der Waals surface area contributed by atoms with Gasteiger partial charge in [-0.3, -0.25) is 4.79 Å². The summed E-state index contributed by atoms with van der Waals surface area (Å²) in [6.45, 7) is 2.15. The Morgan fingerprint density at radius 1 is 1.27 bits per heavy atom. The topological polar surface area (TPSA) is 45.2 Å². The van der Waals surface area contributed by atoms with Gasteiger partial charge in [0.05, 0.1) is 22.7 Å². The summed E-state index contributed by atoms with van der Waals surface area (Å²) in [7, 11) is 0. The molecule has 1 aliphatic heterocycles. The van der Waals surface area contributed by atoms with Crippen molar-refractivity contribution < 1.29 is 4.79 Å². The van der Waals surface area contributed by atoms with Gasteiger partial charge in [-0.05, 0) is 23.6 Å². The summed E-state index contributed by atoms with van der Waals surface area (Å²) in [6, 6.07) is 12.2. The Balaban J connectivity index is 1.34. The zero-order chi connectivity index (χ0) is 14.9. The fraction of sp³-hybridized carbons (Fsp3) is 0.250. The molecule has 3 heterocycles. The van der Waals surface area contributed by atoms with Crippen molar-refractivity contribution in [1.82, 2.24) is 10.3 Å². The standard InChI is InChI=1S/C16H15N3OS2/c20-15(17-8-12-4-3-7-21-12)11-9-19(10-11)16-18-13-5-1-2-6-14(13)22-16/h1-7,11H,8-10H2,(H,17,20). The summed E-state index contributed by atoms with van der Waals surface area (Å²) in [5, 5.41) is 6.06. The van der Waals surface area contributed by atoms with E-state index >= 15 is 0 Å². The van der Waals surface area contributed by atoms with Crippen LogP contribution in [-0.4, -0.2) is 24.0 Å². The van der Waals surface area contributed by atoms with Gasteiger partial charge in [-0.2, -0.15) is 0 Å². The third-order valence-corrected chi connectivity index (χ3v) is 5.80. The number of carbonyl (C=O) groups excluding carboxylic acids is 1. The normalized spacial score (nSPS) is 15.0. The highest BCUT2D eigenvalue weighted by Gasteiger charge is 2.34. The second-order valence-electron chi connectivity index (χ2n) is 5.36. The average Bonchev–Trinajstić information content (AvgIpc) is 3.12. The number of amides is 1. The van der Waals surface area contributed by atoms with Gasteiger partial charge >= 0.3 is 0 Å². The molecule has 4 nitrogen and oxygen atoms in total. The number of para-hydroxylation sites is 1. The smallest absolute Gasteiger partial charge is 0.226 e. The molecule has 0 spiro atoms. The molecule has 0 aliphatic carbocycles. The molecule has 0 bridgehead atoms. The number of nitrogens with zero attached hydrogens (tertiary/aromatic N) is 2. The summed E-state index contributed by atoms with van der Waals surface area (Å²) in [6.07, 6.45) is 0. The van der Waals surface area contributed by atoms with E-state index < -0.39 is 0 Å². The molecule has 1 fully saturated rings. The third-order valence-electron chi connectivity index (χ3n) is 3.82. The van der Waals surface area contributed by atoms with Crippen molar-refractivity contribution in [3.8, 4) is 0 Å². The van der Waals surface area contributed by atoms with Crippen molar-refractivity contribution in [1.29, 1.82) is 0 Å². The van der Waals surface area contributed by atoms with E-state index in [0.717, 1.165) is 23.7 Å². The minimum Gasteiger partial charge on any atom is -0.351 e. The Labute approximate surface area is 136 Å². The van der Waals surface area contributed by atoms with E-state index in [9.17, 15) is 4.79 Å². The van der Waals surface area contributed by atoms with E-state index in [0.29, 0.717) is 6.54 Å². The van der Waals surface area contributed by atoms with Gasteiger partial charge in [0.25, 0.3) is 0 Å². The van der Waals surface area contributed by atoms with Crippen molar-refractivity contribution >= 4 is 43.9 Å². The molecule has 6 heteroatoms. The number of thiazole rings is 1. The van der Waals surface area contributed by atoms with Crippen LogP contribution in [0.1, 0.15) is 4.88 Å². The Morgan fingerprint density at radius 2 is 2.14 bits per heavy atom. The van der Waals surface area contributed by atoms with Crippen LogP contribution in [0.2, 0.25) is 0 Å². The first-order valence-electron chi connectivity index (χ1n) is 7.20. The van der Waals surface area contributed by atoms with Gasteiger partial charge in [0.1, 0.15) is 0 Å². The maximum Gasteiger partial charge on any atom is 0.226 e. The number of hydrogen-bond acceptors (Lipinski definition) is 5. The van der Waals surface area contributed by atoms with Crippen LogP contribution < -0.4 is 10.2 Å². The number of fused-ring (bicyclic) bond motifs is 1. The summed E-state index contributed by atoms with van der Waals surface area (Å²) >= 11 is 3.36. The SMILES string of the molecule is O=C(NCc1cccs1)C1CN(c2nc3ccccc3s2)C1. The van der Waals surface area contributed by atoms with E-state index in [1.54, 1.807) is 22.7 Å². The van der Waals surface area contributed by atoms with Crippen molar-refractivity contribution in [3.05, 3.63) is 46.7 Å². The molecular formula is C16H15N3OS2. The molecule has 1 amide bonds. The molecule has 0 atom stereocenters. The predicted molar refractivity (Wildman–Crippen MR) is 91.5 cm³/mol. The van der Waals surface area contributed by atoms with Crippen LogP contribution in [0, 0.1) is 5.92 Å². The van der Waals surface area contributed by atoms with Gasteiger partial charge in [0.2, 0.25) is 5.91 Å². The van der Waals surface area contributed by atoms with Crippen molar-refractivity contribution in [2.24, 2.45) is 5.92 Å². The number of benzene rings is 1. The fourth-order valence-corrected chi connectivity index (χ4v) is 4.16. The maximum atomic E-state index is 12.1. The summed E-state index contributed by atoms with van der Waals surface area (Å²) in [4.78, 5) is 20.1. The van der Waals surface area contributed by atoms with E-state index in [1.165, 1.54) is 9.58 Å². The molecule has 1 aromatic carbocycles. The molecule has 3 aromatic rings. The van der Waals surface area contributed by atoms with E-state index in [4.69, 9.17) is 0 Å². The molecule has 1 N–H and O–H groups in total. The minimum absolute atomic E-state index is 0.0759. The van der Waals surface area contributed by atoms with Gasteiger partial charge < -0.3 is 10.2 Å². The first kappa shape index (κ1) is 13.7. The maximum absolute atomic E-state index is 12.1. The number of thiophene rings is 1. The van der Waals surface area contributed by atoms with Crippen LogP contribution >= 0.6 is 22.7 Å². The zero-order valence-electron chi connectivity index (χ0n) is 11.9. The molecule has 0 saturated carbocycles. The lowest BCUT2D eigenvalue weighted by molar-refractivity contribution is -0.125. The highest BCUT2D eigenvalue weighted by molar-refractivity contribution is 7.22. The van der Waals surface area contributed by atoms with Gasteiger partial charge in [-0.1, -0.05) is 29.5 Å². The number of hydrogen-bond donors (Lipinski definition) is 1. The van der Waals surface area contributed by atoms with E-state index in [1.807, 2.05) is 35.7 Å². The highest BCUT2D eigenvalue weighted by Crippen LogP contribution is 2.32. The number of anilines is 1. The Morgan fingerprint density at radius 3 is 2.91 bits per heavy atom. The van der Waals surface area contributed by atoms with Gasteiger partial charge in [0.15, 0.2) is 5.13 Å². The highest BCUT2D eigenvalue weighted by atomic mass is 32.1. The molecule has 1 aliphatic rings. The van der Waals surface area contributed by atoms with Crippen LogP contribution in [0.4, 0.5) is 5.13 Å². The first-order chi connectivity index (χ1) is 10.8. The average molecular weight is 329 g/mol. The van der Waals surface area contributed by atoms with Crippen molar-refractivity contribution in [2.45, 2.75) is 6.54 Å². The third kappa shape index (κ3) is 2.60. The number of carbonyl (C=O) groups is 1. The molecule has 0 radical (unpaired) electrons. The second kappa shape index (κ2) is 5.70. The summed E-state index contributed by atoms with van der Waals surface area (Å²) in [5.74, 6) is 0.220. The molecule has 4 rings (SSSR count). The second-order valence-corrected chi connectivity index (χ2v) is 7.40. The molecule has 1 saturated heterocycles. The number of rotatable bonds is 4. The van der Waals surface area contributed by atoms with Gasteiger partial charge in [0, 0.05) is 18.0 Å². The summed E-state index contributed by atoms with van der Waals surface area (Å²) in [5.41, 5.74) is 1.04. The van der Waals surface area contributed by atoms with Crippen molar-refractivity contribution in [3.63, 3.8) is 0 Å². The molecule has 2 aromatic heterocycles. The Bertz CT molecular complexity index is 758. The first-order valence-corrected chi connectivity index (χ1v) is 8.90. The zero-order valence-corrected chi connectivity index (χ0v) is 13.5. The largest absolute Gasteiger partial charge is 0.351 e. The van der Waals surface area contributed by atoms with Gasteiger partial charge in [-0.25, -0.2) is 4.98 Å².